The first-order chi connectivity index (χ1) is 6.88. The fraction of sp³-hybridized carbons (Fsp3) is 0.917. The van der Waals surface area contributed by atoms with Crippen LogP contribution < -0.4 is 0 Å². The van der Waals surface area contributed by atoms with Crippen LogP contribution in [-0.4, -0.2) is 5.88 Å². The first-order valence-corrected chi connectivity index (χ1v) is 6.37. The van der Waals surface area contributed by atoms with E-state index < -0.39 is 0 Å². The van der Waals surface area contributed by atoms with Gasteiger partial charge < -0.3 is 0 Å². The van der Waals surface area contributed by atoms with Crippen molar-refractivity contribution in [1.82, 2.24) is 0 Å². The Labute approximate surface area is 92.4 Å². The molecule has 0 radical (unpaired) electrons. The lowest BCUT2D eigenvalue weighted by Crippen LogP contribution is -2.11. The van der Waals surface area contributed by atoms with Gasteiger partial charge in [0.2, 0.25) is 0 Å². The maximum atomic E-state index is 9.07. The molecule has 2 heteroatoms. The van der Waals surface area contributed by atoms with Crippen molar-refractivity contribution < 1.29 is 0 Å². The van der Waals surface area contributed by atoms with Crippen LogP contribution in [0.15, 0.2) is 0 Å². The smallest absolute Gasteiger partial charge is 0.0658 e. The molecule has 80 valence electrons. The van der Waals surface area contributed by atoms with Gasteiger partial charge in [-0.05, 0) is 31.6 Å². The van der Waals surface area contributed by atoms with Crippen LogP contribution >= 0.6 is 11.6 Å². The molecule has 1 aliphatic carbocycles. The molecule has 0 spiro atoms. The minimum Gasteiger partial charge on any atom is -0.198 e. The van der Waals surface area contributed by atoms with Crippen molar-refractivity contribution in [2.24, 2.45) is 11.8 Å². The number of rotatable bonds is 4. The minimum absolute atomic E-state index is 0.327. The van der Waals surface area contributed by atoms with Gasteiger partial charge in [-0.3, -0.25) is 0 Å². The average Bonchev–Trinajstić information content (AvgIpc) is 2.43. The van der Waals surface area contributed by atoms with E-state index in [1.54, 1.807) is 0 Å². The van der Waals surface area contributed by atoms with Gasteiger partial charge in [0.1, 0.15) is 0 Å². The van der Waals surface area contributed by atoms with E-state index >= 15 is 0 Å². The molecule has 0 heterocycles. The zero-order chi connectivity index (χ0) is 10.2. The van der Waals surface area contributed by atoms with Crippen LogP contribution in [0.5, 0.6) is 0 Å². The van der Waals surface area contributed by atoms with Gasteiger partial charge >= 0.3 is 0 Å². The summed E-state index contributed by atoms with van der Waals surface area (Å²) < 4.78 is 0. The second kappa shape index (κ2) is 7.12. The summed E-state index contributed by atoms with van der Waals surface area (Å²) in [5.74, 6) is 1.75. The van der Waals surface area contributed by atoms with Crippen LogP contribution in [0.25, 0.3) is 0 Å². The molecule has 1 rings (SSSR count). The van der Waals surface area contributed by atoms with Gasteiger partial charge in [0.25, 0.3) is 0 Å². The number of unbranched alkanes of at least 4 members (excludes halogenated alkanes) is 1. The zero-order valence-electron chi connectivity index (χ0n) is 8.84. The van der Waals surface area contributed by atoms with Crippen molar-refractivity contribution in [3.63, 3.8) is 0 Å². The zero-order valence-corrected chi connectivity index (χ0v) is 9.60. The van der Waals surface area contributed by atoms with Crippen molar-refractivity contribution >= 4 is 11.6 Å². The lowest BCUT2D eigenvalue weighted by molar-refractivity contribution is 0.347. The highest BCUT2D eigenvalue weighted by Gasteiger charge is 2.22. The van der Waals surface area contributed by atoms with E-state index in [4.69, 9.17) is 16.9 Å². The third-order valence-corrected chi connectivity index (χ3v) is 3.55. The van der Waals surface area contributed by atoms with Crippen LogP contribution in [0, 0.1) is 23.2 Å². The van der Waals surface area contributed by atoms with Gasteiger partial charge in [-0.2, -0.15) is 5.26 Å². The Morgan fingerprint density at radius 1 is 1.14 bits per heavy atom. The predicted molar refractivity (Wildman–Crippen MR) is 60.2 cm³/mol. The molecule has 0 aromatic carbocycles. The lowest BCUT2D eigenvalue weighted by Gasteiger charge is -2.18. The highest BCUT2D eigenvalue weighted by Crippen LogP contribution is 2.31. The second-order valence-corrected chi connectivity index (χ2v) is 4.70. The fourth-order valence-electron chi connectivity index (χ4n) is 2.40. The predicted octanol–water partition coefficient (Wildman–Crippen LogP) is 4.12. The number of hydrogen-bond donors (Lipinski definition) is 0. The van der Waals surface area contributed by atoms with Gasteiger partial charge in [-0.15, -0.1) is 11.6 Å². The van der Waals surface area contributed by atoms with Crippen LogP contribution in [0.2, 0.25) is 0 Å². The summed E-state index contributed by atoms with van der Waals surface area (Å²) in [6.07, 6.45) is 9.81. The van der Waals surface area contributed by atoms with E-state index in [0.717, 1.165) is 18.7 Å². The molecule has 1 fully saturated rings. The topological polar surface area (TPSA) is 23.8 Å². The molecular weight excluding hydrogens is 194 g/mol. The summed E-state index contributed by atoms with van der Waals surface area (Å²) in [5, 5.41) is 9.07. The van der Waals surface area contributed by atoms with Crippen LogP contribution in [0.1, 0.15) is 51.4 Å². The monoisotopic (exact) mass is 213 g/mol. The van der Waals surface area contributed by atoms with Gasteiger partial charge in [-0.1, -0.05) is 25.7 Å². The number of hydrogen-bond acceptors (Lipinski definition) is 1. The average molecular weight is 214 g/mol. The molecule has 1 saturated carbocycles. The molecule has 2 atom stereocenters. The quantitative estimate of drug-likeness (QED) is 0.392. The summed E-state index contributed by atoms with van der Waals surface area (Å²) in [4.78, 5) is 0. The van der Waals surface area contributed by atoms with Gasteiger partial charge in [0.15, 0.2) is 0 Å². The summed E-state index contributed by atoms with van der Waals surface area (Å²) in [7, 11) is 0. The highest BCUT2D eigenvalue weighted by molar-refractivity contribution is 6.17. The third-order valence-electron chi connectivity index (χ3n) is 3.28. The van der Waals surface area contributed by atoms with E-state index in [9.17, 15) is 0 Å². The molecule has 0 N–H and O–H groups in total. The molecule has 1 nitrogen and oxygen atoms in total. The maximum Gasteiger partial charge on any atom is 0.0658 e. The summed E-state index contributed by atoms with van der Waals surface area (Å²) >= 11 is 5.66. The Hall–Kier alpha value is -0.220. The van der Waals surface area contributed by atoms with E-state index in [1.165, 1.54) is 38.5 Å². The van der Waals surface area contributed by atoms with E-state index in [-0.39, 0.29) is 0 Å². The van der Waals surface area contributed by atoms with Gasteiger partial charge in [0.05, 0.1) is 6.07 Å². The first-order valence-electron chi connectivity index (χ1n) is 5.84. The number of nitrogens with zero attached hydrogens (tertiary/aromatic N) is 1. The molecule has 0 aromatic heterocycles. The number of nitriles is 1. The van der Waals surface area contributed by atoms with Crippen molar-refractivity contribution in [3.05, 3.63) is 0 Å². The Balaban J connectivity index is 2.33. The first kappa shape index (κ1) is 11.9. The lowest BCUT2D eigenvalue weighted by atomic mass is 9.85. The number of alkyl halides is 1. The summed E-state index contributed by atoms with van der Waals surface area (Å²) in [6, 6.07) is 2.49. The Kier molecular flexibility index (Phi) is 6.03. The van der Waals surface area contributed by atoms with Crippen LogP contribution in [0.4, 0.5) is 0 Å². The van der Waals surface area contributed by atoms with Gasteiger partial charge in [-0.25, -0.2) is 0 Å². The molecule has 0 saturated heterocycles. The van der Waals surface area contributed by atoms with E-state index in [2.05, 4.69) is 6.07 Å². The van der Waals surface area contributed by atoms with E-state index in [1.807, 2.05) is 0 Å². The second-order valence-electron chi connectivity index (χ2n) is 4.32. The van der Waals surface area contributed by atoms with E-state index in [0.29, 0.717) is 11.8 Å². The normalized spacial score (nSPS) is 28.0. The fourth-order valence-corrected chi connectivity index (χ4v) is 2.59. The molecule has 0 aromatic rings. The Morgan fingerprint density at radius 3 is 2.64 bits per heavy atom. The van der Waals surface area contributed by atoms with Crippen molar-refractivity contribution in [1.29, 1.82) is 5.26 Å². The molecule has 0 aliphatic heterocycles. The molecule has 2 unspecified atom stereocenters. The van der Waals surface area contributed by atoms with Crippen molar-refractivity contribution in [3.8, 4) is 6.07 Å². The molecule has 0 amide bonds. The van der Waals surface area contributed by atoms with Gasteiger partial charge in [0, 0.05) is 11.8 Å². The highest BCUT2D eigenvalue weighted by atomic mass is 35.5. The molecule has 1 aliphatic rings. The maximum absolute atomic E-state index is 9.07. The summed E-state index contributed by atoms with van der Waals surface area (Å²) in [5.41, 5.74) is 0. The summed E-state index contributed by atoms with van der Waals surface area (Å²) in [6.45, 7) is 0. The minimum atomic E-state index is 0.327. The SMILES string of the molecule is N#CC1CCCCCC1CCCCCl. The molecular formula is C12H20ClN. The Bertz CT molecular complexity index is 185. The Morgan fingerprint density at radius 2 is 1.93 bits per heavy atom. The number of halogens is 1. The standard InChI is InChI=1S/C12H20ClN/c13-9-5-4-7-11-6-2-1-3-8-12(11)10-14/h11-12H,1-9H2. The largest absolute Gasteiger partial charge is 0.198 e. The van der Waals surface area contributed by atoms with Crippen molar-refractivity contribution in [2.75, 3.05) is 5.88 Å². The third kappa shape index (κ3) is 3.88. The van der Waals surface area contributed by atoms with Crippen LogP contribution in [0.3, 0.4) is 0 Å². The van der Waals surface area contributed by atoms with Crippen LogP contribution in [-0.2, 0) is 0 Å². The molecule has 14 heavy (non-hydrogen) atoms. The van der Waals surface area contributed by atoms with Crippen molar-refractivity contribution in [2.45, 2.75) is 51.4 Å². The molecule has 0 bridgehead atoms.